The van der Waals surface area contributed by atoms with Crippen molar-refractivity contribution in [2.45, 2.75) is 24.3 Å². The molecule has 2 aromatic carbocycles. The van der Waals surface area contributed by atoms with Gasteiger partial charge in [0.05, 0.1) is 0 Å². The number of benzene rings is 2. The fourth-order valence-corrected chi connectivity index (χ4v) is 3.38. The minimum atomic E-state index is 0.0674. The fraction of sp³-hybridized carbons (Fsp3) is 0.278. The highest BCUT2D eigenvalue weighted by Gasteiger charge is 2.24. The molecule has 1 heterocycles. The number of likely N-dealkylation sites (tertiary alicyclic amines) is 1. The summed E-state index contributed by atoms with van der Waals surface area (Å²) < 4.78 is 5.81. The van der Waals surface area contributed by atoms with Crippen LogP contribution in [0.1, 0.15) is 12.0 Å². The molecule has 1 saturated heterocycles. The van der Waals surface area contributed by atoms with Crippen LogP contribution in [0.4, 0.5) is 4.79 Å². The number of thioether (sulfide) groups is 1. The summed E-state index contributed by atoms with van der Waals surface area (Å²) in [4.78, 5) is 15.1. The van der Waals surface area contributed by atoms with E-state index < -0.39 is 0 Å². The van der Waals surface area contributed by atoms with E-state index in [2.05, 4.69) is 0 Å². The normalized spacial score (nSPS) is 17.3. The third-order valence-corrected chi connectivity index (χ3v) is 4.92. The molecule has 0 aliphatic carbocycles. The van der Waals surface area contributed by atoms with Crippen LogP contribution in [0.25, 0.3) is 0 Å². The van der Waals surface area contributed by atoms with Crippen molar-refractivity contribution in [2.75, 3.05) is 13.1 Å². The fourth-order valence-electron chi connectivity index (χ4n) is 2.54. The van der Waals surface area contributed by atoms with E-state index in [1.165, 1.54) is 11.8 Å². The third kappa shape index (κ3) is 4.06. The lowest BCUT2D eigenvalue weighted by Gasteiger charge is -2.16. The minimum absolute atomic E-state index is 0.0674. The highest BCUT2D eigenvalue weighted by molar-refractivity contribution is 8.13. The zero-order valence-corrected chi connectivity index (χ0v) is 13.9. The van der Waals surface area contributed by atoms with Crippen molar-refractivity contribution in [3.8, 4) is 11.5 Å². The molecule has 0 bridgehead atoms. The number of para-hydroxylation sites is 1. The van der Waals surface area contributed by atoms with Gasteiger partial charge in [0, 0.05) is 24.0 Å². The Hall–Kier alpha value is -1.98. The van der Waals surface area contributed by atoms with Crippen LogP contribution in [0.3, 0.4) is 0 Å². The molecule has 1 aliphatic rings. The van der Waals surface area contributed by atoms with Gasteiger partial charge in [0.1, 0.15) is 11.5 Å². The van der Waals surface area contributed by atoms with Crippen molar-refractivity contribution in [2.24, 2.45) is 5.73 Å². The average molecular weight is 328 g/mol. The van der Waals surface area contributed by atoms with Crippen LogP contribution in [0, 0.1) is 6.92 Å². The largest absolute Gasteiger partial charge is 0.457 e. The Morgan fingerprint density at radius 2 is 2.00 bits per heavy atom. The number of nitrogens with zero attached hydrogens (tertiary/aromatic N) is 1. The molecule has 120 valence electrons. The molecule has 1 atom stereocenters. The first-order chi connectivity index (χ1) is 11.1. The van der Waals surface area contributed by atoms with E-state index in [0.717, 1.165) is 34.9 Å². The van der Waals surface area contributed by atoms with Gasteiger partial charge in [-0.3, -0.25) is 4.79 Å². The molecule has 0 saturated carbocycles. The number of carbonyl (C=O) groups excluding carboxylic acids is 1. The Morgan fingerprint density at radius 3 is 2.65 bits per heavy atom. The van der Waals surface area contributed by atoms with E-state index in [9.17, 15) is 4.79 Å². The summed E-state index contributed by atoms with van der Waals surface area (Å²) in [5, 5.41) is 0.0674. The van der Waals surface area contributed by atoms with Gasteiger partial charge in [-0.1, -0.05) is 18.2 Å². The van der Waals surface area contributed by atoms with Gasteiger partial charge in [0.2, 0.25) is 0 Å². The number of hydrogen-bond donors (Lipinski definition) is 1. The van der Waals surface area contributed by atoms with Crippen molar-refractivity contribution in [1.82, 2.24) is 4.90 Å². The first-order valence-electron chi connectivity index (χ1n) is 7.68. The summed E-state index contributed by atoms with van der Waals surface area (Å²) >= 11 is 1.26. The van der Waals surface area contributed by atoms with E-state index in [1.54, 1.807) is 0 Å². The molecular weight excluding hydrogens is 308 g/mol. The predicted molar refractivity (Wildman–Crippen MR) is 93.1 cm³/mol. The van der Waals surface area contributed by atoms with Crippen LogP contribution in [-0.2, 0) is 0 Å². The number of ether oxygens (including phenoxy) is 1. The van der Waals surface area contributed by atoms with Crippen molar-refractivity contribution < 1.29 is 9.53 Å². The number of nitrogens with two attached hydrogens (primary N) is 1. The van der Waals surface area contributed by atoms with Gasteiger partial charge >= 0.3 is 0 Å². The predicted octanol–water partition coefficient (Wildman–Crippen LogP) is 4.03. The van der Waals surface area contributed by atoms with Gasteiger partial charge in [0.15, 0.2) is 0 Å². The summed E-state index contributed by atoms with van der Waals surface area (Å²) in [6, 6.07) is 15.6. The molecule has 1 fully saturated rings. The van der Waals surface area contributed by atoms with Crippen molar-refractivity contribution in [1.29, 1.82) is 0 Å². The van der Waals surface area contributed by atoms with Gasteiger partial charge in [-0.2, -0.15) is 0 Å². The van der Waals surface area contributed by atoms with E-state index in [4.69, 9.17) is 10.5 Å². The van der Waals surface area contributed by atoms with Crippen LogP contribution >= 0.6 is 11.8 Å². The highest BCUT2D eigenvalue weighted by atomic mass is 32.2. The zero-order valence-electron chi connectivity index (χ0n) is 13.1. The number of rotatable bonds is 3. The second kappa shape index (κ2) is 7.06. The average Bonchev–Trinajstić information content (AvgIpc) is 2.98. The molecule has 2 N–H and O–H groups in total. The van der Waals surface area contributed by atoms with Gasteiger partial charge in [0.25, 0.3) is 5.24 Å². The van der Waals surface area contributed by atoms with Crippen LogP contribution in [0.2, 0.25) is 0 Å². The molecule has 4 nitrogen and oxygen atoms in total. The molecular formula is C18H20N2O2S. The number of hydrogen-bond acceptors (Lipinski definition) is 4. The number of aryl methyl sites for hydroxylation is 1. The molecule has 23 heavy (non-hydrogen) atoms. The molecule has 1 aliphatic heterocycles. The number of carbonyl (C=O) groups is 1. The SMILES string of the molecule is Cc1cc(Oc2ccccc2)ccc1SC(=O)N1CCC(N)C1. The summed E-state index contributed by atoms with van der Waals surface area (Å²) in [5.41, 5.74) is 6.89. The maximum Gasteiger partial charge on any atom is 0.286 e. The maximum atomic E-state index is 12.3. The Balaban J connectivity index is 1.66. The first kappa shape index (κ1) is 15.9. The van der Waals surface area contributed by atoms with Gasteiger partial charge in [-0.25, -0.2) is 0 Å². The molecule has 0 aromatic heterocycles. The first-order valence-corrected chi connectivity index (χ1v) is 8.49. The monoisotopic (exact) mass is 328 g/mol. The van der Waals surface area contributed by atoms with Gasteiger partial charge in [-0.05, 0) is 61.0 Å². The molecule has 5 heteroatoms. The Kier molecular flexibility index (Phi) is 4.88. The smallest absolute Gasteiger partial charge is 0.286 e. The summed E-state index contributed by atoms with van der Waals surface area (Å²) in [5.74, 6) is 1.57. The van der Waals surface area contributed by atoms with Crippen LogP contribution in [0.15, 0.2) is 53.4 Å². The summed E-state index contributed by atoms with van der Waals surface area (Å²) in [6.07, 6.45) is 0.884. The van der Waals surface area contributed by atoms with Crippen LogP contribution in [0.5, 0.6) is 11.5 Å². The zero-order chi connectivity index (χ0) is 16.2. The maximum absolute atomic E-state index is 12.3. The Morgan fingerprint density at radius 1 is 1.22 bits per heavy atom. The second-order valence-corrected chi connectivity index (χ2v) is 6.70. The molecule has 1 unspecified atom stereocenters. The van der Waals surface area contributed by atoms with E-state index in [-0.39, 0.29) is 11.3 Å². The van der Waals surface area contributed by atoms with Crippen molar-refractivity contribution in [3.63, 3.8) is 0 Å². The summed E-state index contributed by atoms with van der Waals surface area (Å²) in [7, 11) is 0. The lowest BCUT2D eigenvalue weighted by atomic mass is 10.2. The molecule has 3 rings (SSSR count). The molecule has 2 aromatic rings. The van der Waals surface area contributed by atoms with E-state index in [0.29, 0.717) is 6.54 Å². The van der Waals surface area contributed by atoms with E-state index in [1.807, 2.05) is 60.4 Å². The van der Waals surface area contributed by atoms with Crippen LogP contribution in [-0.4, -0.2) is 29.3 Å². The molecule has 0 radical (unpaired) electrons. The Bertz CT molecular complexity index is 691. The molecule has 0 spiro atoms. The minimum Gasteiger partial charge on any atom is -0.457 e. The topological polar surface area (TPSA) is 55.6 Å². The lowest BCUT2D eigenvalue weighted by molar-refractivity contribution is 0.233. The number of amides is 1. The van der Waals surface area contributed by atoms with Gasteiger partial charge < -0.3 is 15.4 Å². The standard InChI is InChI=1S/C18H20N2O2S/c1-13-11-16(22-15-5-3-2-4-6-15)7-8-17(13)23-18(21)20-10-9-14(19)12-20/h2-8,11,14H,9-10,12,19H2,1H3. The summed E-state index contributed by atoms with van der Waals surface area (Å²) in [6.45, 7) is 3.39. The van der Waals surface area contributed by atoms with Crippen LogP contribution < -0.4 is 10.5 Å². The second-order valence-electron chi connectivity index (χ2n) is 5.71. The third-order valence-electron chi connectivity index (χ3n) is 3.81. The molecule has 1 amide bonds. The highest BCUT2D eigenvalue weighted by Crippen LogP contribution is 2.30. The quantitative estimate of drug-likeness (QED) is 0.864. The van der Waals surface area contributed by atoms with Gasteiger partial charge in [-0.15, -0.1) is 0 Å². The van der Waals surface area contributed by atoms with E-state index >= 15 is 0 Å². The van der Waals surface area contributed by atoms with Crippen molar-refractivity contribution >= 4 is 17.0 Å². The Labute approximate surface area is 140 Å². The lowest BCUT2D eigenvalue weighted by Crippen LogP contribution is -2.29. The van der Waals surface area contributed by atoms with Crippen molar-refractivity contribution in [3.05, 3.63) is 54.1 Å².